The van der Waals surface area contributed by atoms with E-state index >= 15 is 0 Å². The second-order valence-electron chi connectivity index (χ2n) is 6.76. The highest BCUT2D eigenvalue weighted by Crippen LogP contribution is 2.34. The Bertz CT molecular complexity index is 674. The maximum Gasteiger partial charge on any atom is 0.105 e. The molecule has 7 nitrogen and oxygen atoms in total. The number of aromatic nitrogens is 5. The molecule has 1 aliphatic carbocycles. The minimum atomic E-state index is 0.178. The molecule has 23 heavy (non-hydrogen) atoms. The fourth-order valence-corrected chi connectivity index (χ4v) is 3.45. The van der Waals surface area contributed by atoms with Crippen molar-refractivity contribution in [3.8, 4) is 0 Å². The Morgan fingerprint density at radius 2 is 2.22 bits per heavy atom. The molecule has 2 aromatic rings. The Labute approximate surface area is 136 Å². The van der Waals surface area contributed by atoms with Crippen LogP contribution in [0.2, 0.25) is 0 Å². The van der Waals surface area contributed by atoms with Crippen molar-refractivity contribution >= 4 is 0 Å². The molecule has 0 bridgehead atoms. The van der Waals surface area contributed by atoms with Gasteiger partial charge in [-0.15, -0.1) is 5.10 Å². The predicted molar refractivity (Wildman–Crippen MR) is 84.7 cm³/mol. The number of rotatable bonds is 6. The molecule has 1 fully saturated rings. The molecule has 1 unspecified atom stereocenters. The van der Waals surface area contributed by atoms with Gasteiger partial charge in [0.15, 0.2) is 0 Å². The van der Waals surface area contributed by atoms with Crippen LogP contribution in [0.1, 0.15) is 35.8 Å². The summed E-state index contributed by atoms with van der Waals surface area (Å²) in [7, 11) is 3.71. The van der Waals surface area contributed by atoms with Crippen LogP contribution in [0.15, 0.2) is 12.4 Å². The summed E-state index contributed by atoms with van der Waals surface area (Å²) in [6.45, 7) is 3.56. The molecule has 7 heteroatoms. The number of fused-ring (bicyclic) bond motifs is 1. The lowest BCUT2D eigenvalue weighted by Crippen LogP contribution is -2.38. The largest absolute Gasteiger partial charge is 0.383 e. The maximum atomic E-state index is 5.47. The molecule has 1 atom stereocenters. The summed E-state index contributed by atoms with van der Waals surface area (Å²) in [4.78, 5) is 2.43. The molecular formula is C16H24N6O. The van der Waals surface area contributed by atoms with E-state index in [4.69, 9.17) is 4.74 Å². The van der Waals surface area contributed by atoms with E-state index in [2.05, 4.69) is 31.2 Å². The fourth-order valence-electron chi connectivity index (χ4n) is 3.45. The van der Waals surface area contributed by atoms with E-state index in [-0.39, 0.29) is 6.04 Å². The van der Waals surface area contributed by atoms with E-state index in [1.807, 2.05) is 17.9 Å². The number of nitrogens with zero attached hydrogens (tertiary/aromatic N) is 6. The number of aryl methyl sites for hydroxylation is 1. The maximum absolute atomic E-state index is 5.47. The summed E-state index contributed by atoms with van der Waals surface area (Å²) >= 11 is 0. The second kappa shape index (κ2) is 6.05. The minimum absolute atomic E-state index is 0.178. The quantitative estimate of drug-likeness (QED) is 0.800. The van der Waals surface area contributed by atoms with Crippen molar-refractivity contribution in [2.24, 2.45) is 13.0 Å². The van der Waals surface area contributed by atoms with Gasteiger partial charge in [0.05, 0.1) is 24.5 Å². The third-order valence-corrected chi connectivity index (χ3v) is 4.86. The summed E-state index contributed by atoms with van der Waals surface area (Å²) in [6.07, 6.45) is 7.69. The van der Waals surface area contributed by atoms with Crippen LogP contribution in [0, 0.1) is 5.92 Å². The van der Waals surface area contributed by atoms with Gasteiger partial charge in [0.2, 0.25) is 0 Å². The molecule has 0 aromatic carbocycles. The first-order valence-electron chi connectivity index (χ1n) is 8.37. The Kier molecular flexibility index (Phi) is 3.90. The molecule has 3 heterocycles. The van der Waals surface area contributed by atoms with Crippen LogP contribution < -0.4 is 0 Å². The highest BCUT2D eigenvalue weighted by atomic mass is 16.5. The topological polar surface area (TPSA) is 61.0 Å². The molecule has 124 valence electrons. The summed E-state index contributed by atoms with van der Waals surface area (Å²) in [5.74, 6) is 0.815. The van der Waals surface area contributed by atoms with Crippen molar-refractivity contribution in [1.82, 2.24) is 29.7 Å². The van der Waals surface area contributed by atoms with Gasteiger partial charge in [0.1, 0.15) is 5.69 Å². The lowest BCUT2D eigenvalue weighted by Gasteiger charge is -2.34. The zero-order valence-electron chi connectivity index (χ0n) is 13.9. The van der Waals surface area contributed by atoms with Gasteiger partial charge in [-0.25, -0.2) is 4.68 Å². The number of hydrogen-bond donors (Lipinski definition) is 0. The first-order chi connectivity index (χ1) is 11.2. The van der Waals surface area contributed by atoms with Crippen molar-refractivity contribution in [1.29, 1.82) is 0 Å². The number of ether oxygens (including phenoxy) is 1. The third kappa shape index (κ3) is 3.03. The van der Waals surface area contributed by atoms with Gasteiger partial charge in [0, 0.05) is 52.0 Å². The Balaban J connectivity index is 1.56. The van der Waals surface area contributed by atoms with E-state index < -0.39 is 0 Å². The normalized spacial score (nSPS) is 21.6. The van der Waals surface area contributed by atoms with E-state index in [0.29, 0.717) is 6.61 Å². The predicted octanol–water partition coefficient (Wildman–Crippen LogP) is 1.17. The average Bonchev–Trinajstić information content (AvgIpc) is 3.12. The van der Waals surface area contributed by atoms with Crippen molar-refractivity contribution in [2.75, 3.05) is 20.3 Å². The van der Waals surface area contributed by atoms with Gasteiger partial charge in [-0.2, -0.15) is 5.10 Å². The van der Waals surface area contributed by atoms with Gasteiger partial charge in [0.25, 0.3) is 0 Å². The Morgan fingerprint density at radius 3 is 2.91 bits per heavy atom. The van der Waals surface area contributed by atoms with E-state index in [0.717, 1.165) is 37.7 Å². The van der Waals surface area contributed by atoms with Crippen LogP contribution in [-0.4, -0.2) is 49.9 Å². The summed E-state index contributed by atoms with van der Waals surface area (Å²) in [5.41, 5.74) is 3.63. The summed E-state index contributed by atoms with van der Waals surface area (Å²) < 4.78 is 9.46. The summed E-state index contributed by atoms with van der Waals surface area (Å²) in [6, 6.07) is 0.178. The van der Waals surface area contributed by atoms with Crippen molar-refractivity contribution < 1.29 is 4.74 Å². The first-order valence-corrected chi connectivity index (χ1v) is 8.37. The Morgan fingerprint density at radius 1 is 1.35 bits per heavy atom. The molecule has 0 radical (unpaired) electrons. The standard InChI is InChI=1S/C16H24N6O/c1-20-8-13(7-17-20)9-21-6-5-14-16(15(21)11-23-2)18-19-22(14)10-12-3-4-12/h7-8,12,15H,3-6,9-11H2,1-2H3. The molecule has 2 aliphatic rings. The first kappa shape index (κ1) is 14.8. The highest BCUT2D eigenvalue weighted by Gasteiger charge is 2.33. The van der Waals surface area contributed by atoms with Crippen LogP contribution in [0.4, 0.5) is 0 Å². The van der Waals surface area contributed by atoms with E-state index in [1.54, 1.807) is 7.11 Å². The fraction of sp³-hybridized carbons (Fsp3) is 0.688. The van der Waals surface area contributed by atoms with Crippen molar-refractivity contribution in [3.63, 3.8) is 0 Å². The van der Waals surface area contributed by atoms with Crippen molar-refractivity contribution in [2.45, 2.75) is 38.4 Å². The number of hydrogen-bond acceptors (Lipinski definition) is 5. The lowest BCUT2D eigenvalue weighted by atomic mass is 10.0. The molecule has 0 N–H and O–H groups in total. The van der Waals surface area contributed by atoms with Crippen LogP contribution >= 0.6 is 0 Å². The SMILES string of the molecule is COCC1c2nnn(CC3CC3)c2CCN1Cc1cnn(C)c1. The molecule has 2 aromatic heterocycles. The van der Waals surface area contributed by atoms with Crippen LogP contribution in [0.3, 0.4) is 0 Å². The Hall–Kier alpha value is -1.73. The van der Waals surface area contributed by atoms with Gasteiger partial charge in [-0.05, 0) is 18.8 Å². The van der Waals surface area contributed by atoms with Crippen molar-refractivity contribution in [3.05, 3.63) is 29.3 Å². The van der Waals surface area contributed by atoms with Crippen LogP contribution in [0.5, 0.6) is 0 Å². The highest BCUT2D eigenvalue weighted by molar-refractivity contribution is 5.20. The van der Waals surface area contributed by atoms with Gasteiger partial charge in [-0.1, -0.05) is 5.21 Å². The molecule has 0 saturated heterocycles. The lowest BCUT2D eigenvalue weighted by molar-refractivity contribution is 0.0749. The molecule has 1 aliphatic heterocycles. The zero-order valence-corrected chi connectivity index (χ0v) is 13.9. The molecule has 0 amide bonds. The van der Waals surface area contributed by atoms with Gasteiger partial charge in [-0.3, -0.25) is 9.58 Å². The number of methoxy groups -OCH3 is 1. The second-order valence-corrected chi connectivity index (χ2v) is 6.76. The third-order valence-electron chi connectivity index (χ3n) is 4.86. The van der Waals surface area contributed by atoms with E-state index in [1.165, 1.54) is 24.1 Å². The monoisotopic (exact) mass is 316 g/mol. The molecule has 0 spiro atoms. The van der Waals surface area contributed by atoms with Gasteiger partial charge < -0.3 is 4.74 Å². The van der Waals surface area contributed by atoms with Gasteiger partial charge >= 0.3 is 0 Å². The average molecular weight is 316 g/mol. The zero-order chi connectivity index (χ0) is 15.8. The minimum Gasteiger partial charge on any atom is -0.383 e. The molecule has 1 saturated carbocycles. The summed E-state index contributed by atoms with van der Waals surface area (Å²) in [5, 5.41) is 13.2. The molecular weight excluding hydrogens is 292 g/mol. The molecule has 4 rings (SSSR count). The van der Waals surface area contributed by atoms with Crippen LogP contribution in [0.25, 0.3) is 0 Å². The van der Waals surface area contributed by atoms with E-state index in [9.17, 15) is 0 Å². The smallest absolute Gasteiger partial charge is 0.105 e. The van der Waals surface area contributed by atoms with Crippen LogP contribution in [-0.2, 0) is 31.3 Å².